The van der Waals surface area contributed by atoms with Gasteiger partial charge in [-0.05, 0) is 86.0 Å². The average Bonchev–Trinajstić information content (AvgIpc) is 3.15. The van der Waals surface area contributed by atoms with Crippen molar-refractivity contribution < 1.29 is 28.0 Å². The Labute approximate surface area is 319 Å². The van der Waals surface area contributed by atoms with Gasteiger partial charge in [0.2, 0.25) is 5.90 Å². The maximum Gasteiger partial charge on any atom is 0.286 e. The van der Waals surface area contributed by atoms with E-state index in [1.54, 1.807) is 25.2 Å². The molecule has 0 aromatic heterocycles. The van der Waals surface area contributed by atoms with Gasteiger partial charge in [-0.3, -0.25) is 19.7 Å². The first-order valence-electron chi connectivity index (χ1n) is 18.2. The Morgan fingerprint density at radius 2 is 1.91 bits per heavy atom. The van der Waals surface area contributed by atoms with Crippen molar-refractivity contribution in [1.29, 1.82) is 5.41 Å². The summed E-state index contributed by atoms with van der Waals surface area (Å²) in [6.07, 6.45) is 8.28. The zero-order chi connectivity index (χ0) is 38.5. The molecule has 5 atom stereocenters. The number of rotatable bonds is 8. The predicted octanol–water partition coefficient (Wildman–Crippen LogP) is 5.90. The van der Waals surface area contributed by atoms with Crippen LogP contribution in [0, 0.1) is 23.2 Å². The van der Waals surface area contributed by atoms with Crippen LogP contribution in [-0.4, -0.2) is 81.3 Å². The standard InChI is InChI=1S/C39H55ClN6O6S/c1-26-10-9-12-35(52-19-17-42-4)28(3)25-53(49,45-39(48)33(22-43-5)37(41)50-6)44-38(47)30-14-16-36-34(21-30)46(23-27(26)2)24-31-13-15-32(40)20-29(31)11-7-8-18-51-36/h9,12-16,20-22,26-28,35,41-43H,7-8,10-11,17-19,23-25H2,1-6H3,(H,44,45,47,48,49)/b12-9+,33-22+,41-37?/t26-,27-,28+,35-,53?/m0/s1. The lowest BCUT2D eigenvalue weighted by Gasteiger charge is -2.32. The van der Waals surface area contributed by atoms with Crippen LogP contribution in [0.4, 0.5) is 5.69 Å². The number of hydrogen-bond acceptors (Lipinski definition) is 10. The number of nitrogens with one attached hydrogen (secondary N) is 4. The fraction of sp³-hybridized carbons (Fsp3) is 0.513. The number of carbonyl (C=O) groups is 2. The summed E-state index contributed by atoms with van der Waals surface area (Å²) in [7, 11) is 0.863. The normalized spacial score (nSPS) is 25.1. The number of ether oxygens (including phenoxy) is 3. The van der Waals surface area contributed by atoms with Crippen molar-refractivity contribution in [2.45, 2.75) is 59.1 Å². The molecule has 2 aliphatic rings. The van der Waals surface area contributed by atoms with Crippen LogP contribution < -0.4 is 25.0 Å². The van der Waals surface area contributed by atoms with Gasteiger partial charge in [0.15, 0.2) is 0 Å². The van der Waals surface area contributed by atoms with E-state index in [1.165, 1.54) is 18.9 Å². The molecule has 2 amide bonds. The zero-order valence-corrected chi connectivity index (χ0v) is 33.3. The van der Waals surface area contributed by atoms with Crippen LogP contribution in [0.5, 0.6) is 5.75 Å². The Balaban J connectivity index is 1.89. The summed E-state index contributed by atoms with van der Waals surface area (Å²) in [4.78, 5) is 29.9. The van der Waals surface area contributed by atoms with E-state index in [-0.39, 0.29) is 28.7 Å². The molecule has 0 aliphatic carbocycles. The molecule has 0 spiro atoms. The molecule has 12 nitrogen and oxygen atoms in total. The number of nitrogens with zero attached hydrogens (tertiary/aromatic N) is 2. The largest absolute Gasteiger partial charge is 0.491 e. The van der Waals surface area contributed by atoms with Crippen molar-refractivity contribution in [1.82, 2.24) is 15.4 Å². The van der Waals surface area contributed by atoms with Crippen LogP contribution in [0.3, 0.4) is 0 Å². The first kappa shape index (κ1) is 41.8. The predicted molar refractivity (Wildman–Crippen MR) is 212 cm³/mol. The Bertz CT molecular complexity index is 1790. The molecule has 2 heterocycles. The van der Waals surface area contributed by atoms with E-state index < -0.39 is 39.6 Å². The van der Waals surface area contributed by atoms with Gasteiger partial charge in [0.25, 0.3) is 11.8 Å². The summed E-state index contributed by atoms with van der Waals surface area (Å²) in [6, 6.07) is 11.2. The van der Waals surface area contributed by atoms with E-state index in [2.05, 4.69) is 50.6 Å². The van der Waals surface area contributed by atoms with Gasteiger partial charge in [0, 0.05) is 49.4 Å². The summed E-state index contributed by atoms with van der Waals surface area (Å²) in [5.74, 6) is -1.55. The SMILES string of the molecule is CN/C=C(\C(=N)OC)C(=O)NS1(=O)=NC(=O)c2ccc3c(c2)N(Cc2ccc(Cl)cc2CCCCO3)C[C@H](C)[C@@H](C)C/C=C/[C@H](OCCNC)[C@H](C)C1. The summed E-state index contributed by atoms with van der Waals surface area (Å²) in [5, 5.41) is 14.6. The van der Waals surface area contributed by atoms with E-state index in [0.29, 0.717) is 43.6 Å². The van der Waals surface area contributed by atoms with Crippen molar-refractivity contribution >= 4 is 44.9 Å². The minimum atomic E-state index is -3.79. The summed E-state index contributed by atoms with van der Waals surface area (Å²) in [5.41, 5.74) is 3.05. The monoisotopic (exact) mass is 770 g/mol. The smallest absolute Gasteiger partial charge is 0.286 e. The van der Waals surface area contributed by atoms with Crippen LogP contribution in [0.25, 0.3) is 0 Å². The molecule has 2 aliphatic heterocycles. The lowest BCUT2D eigenvalue weighted by Crippen LogP contribution is -2.40. The second kappa shape index (κ2) is 20.0. The molecule has 0 saturated carbocycles. The van der Waals surface area contributed by atoms with Gasteiger partial charge >= 0.3 is 0 Å². The fourth-order valence-corrected chi connectivity index (χ4v) is 8.45. The van der Waals surface area contributed by atoms with Crippen molar-refractivity contribution in [2.24, 2.45) is 22.1 Å². The number of likely N-dealkylation sites (N-methyl/N-ethyl adjacent to an activating group) is 1. The maximum absolute atomic E-state index is 14.8. The Hall–Kier alpha value is -3.91. The van der Waals surface area contributed by atoms with Crippen LogP contribution in [0.15, 0.2) is 64.7 Å². The van der Waals surface area contributed by atoms with Crippen LogP contribution >= 0.6 is 11.6 Å². The van der Waals surface area contributed by atoms with E-state index in [4.69, 9.17) is 31.2 Å². The molecule has 2 bridgehead atoms. The molecular formula is C39H55ClN6O6S. The van der Waals surface area contributed by atoms with Crippen molar-refractivity contribution in [3.05, 3.63) is 82.0 Å². The first-order chi connectivity index (χ1) is 25.4. The third-order valence-corrected chi connectivity index (χ3v) is 11.8. The molecule has 0 fully saturated rings. The highest BCUT2D eigenvalue weighted by molar-refractivity contribution is 7.92. The highest BCUT2D eigenvalue weighted by atomic mass is 35.5. The van der Waals surface area contributed by atoms with E-state index >= 15 is 0 Å². The minimum Gasteiger partial charge on any atom is -0.491 e. The third-order valence-electron chi connectivity index (χ3n) is 9.66. The van der Waals surface area contributed by atoms with Gasteiger partial charge in [-0.15, -0.1) is 4.36 Å². The number of hydrogen-bond donors (Lipinski definition) is 4. The van der Waals surface area contributed by atoms with Gasteiger partial charge in [0.05, 0.1) is 37.9 Å². The summed E-state index contributed by atoms with van der Waals surface area (Å²) in [6.45, 7) is 9.04. The van der Waals surface area contributed by atoms with Crippen molar-refractivity contribution in [2.75, 3.05) is 58.2 Å². The Morgan fingerprint density at radius 3 is 2.64 bits per heavy atom. The topological polar surface area (TPSA) is 154 Å². The van der Waals surface area contributed by atoms with Crippen molar-refractivity contribution in [3.63, 3.8) is 0 Å². The molecule has 53 heavy (non-hydrogen) atoms. The lowest BCUT2D eigenvalue weighted by atomic mass is 9.91. The number of anilines is 1. The number of fused-ring (bicyclic) bond motifs is 2. The minimum absolute atomic E-state index is 0.197. The molecule has 1 unspecified atom stereocenters. The van der Waals surface area contributed by atoms with E-state index in [0.717, 1.165) is 36.9 Å². The number of carbonyl (C=O) groups excluding carboxylic acids is 2. The number of allylic oxidation sites excluding steroid dienone is 1. The Kier molecular flexibility index (Phi) is 15.8. The molecule has 0 saturated heterocycles. The van der Waals surface area contributed by atoms with Crippen molar-refractivity contribution in [3.8, 4) is 5.75 Å². The van der Waals surface area contributed by atoms with Crippen LogP contribution in [0.1, 0.15) is 61.5 Å². The average molecular weight is 771 g/mol. The molecule has 0 radical (unpaired) electrons. The summed E-state index contributed by atoms with van der Waals surface area (Å²) >= 11 is 6.46. The van der Waals surface area contributed by atoms with Gasteiger partial charge < -0.3 is 29.7 Å². The van der Waals surface area contributed by atoms with Gasteiger partial charge in [-0.25, -0.2) is 4.21 Å². The molecular weight excluding hydrogens is 716 g/mol. The zero-order valence-electron chi connectivity index (χ0n) is 31.7. The molecule has 4 rings (SSSR count). The number of aryl methyl sites for hydroxylation is 1. The van der Waals surface area contributed by atoms with E-state index in [9.17, 15) is 13.8 Å². The van der Waals surface area contributed by atoms with Gasteiger partial charge in [-0.2, -0.15) is 0 Å². The van der Waals surface area contributed by atoms with Gasteiger partial charge in [0.1, 0.15) is 21.2 Å². The molecule has 2 aromatic carbocycles. The molecule has 4 N–H and O–H groups in total. The number of amides is 2. The van der Waals surface area contributed by atoms with Crippen LogP contribution in [0.2, 0.25) is 5.02 Å². The summed E-state index contributed by atoms with van der Waals surface area (Å²) < 4.78 is 39.1. The maximum atomic E-state index is 14.8. The highest BCUT2D eigenvalue weighted by Gasteiger charge is 2.29. The molecule has 14 heteroatoms. The second-order valence-electron chi connectivity index (χ2n) is 13.8. The van der Waals surface area contributed by atoms with Gasteiger partial charge in [-0.1, -0.05) is 50.6 Å². The Morgan fingerprint density at radius 1 is 1.11 bits per heavy atom. The lowest BCUT2D eigenvalue weighted by molar-refractivity contribution is -0.115. The number of methoxy groups -OCH3 is 1. The molecule has 2 aromatic rings. The molecule has 290 valence electrons. The highest BCUT2D eigenvalue weighted by Crippen LogP contribution is 2.35. The third kappa shape index (κ3) is 11.8. The van der Waals surface area contributed by atoms with E-state index in [1.807, 2.05) is 32.2 Å². The number of benzene rings is 2. The van der Waals surface area contributed by atoms with Crippen LogP contribution in [-0.2, 0) is 37.1 Å². The fourth-order valence-electron chi connectivity index (χ4n) is 6.38. The quantitative estimate of drug-likeness (QED) is 0.0845. The number of halogens is 1. The second-order valence-corrected chi connectivity index (χ2v) is 16.3. The first-order valence-corrected chi connectivity index (χ1v) is 20.3.